The summed E-state index contributed by atoms with van der Waals surface area (Å²) in [7, 11) is 1.41. The van der Waals surface area contributed by atoms with E-state index in [1.165, 1.54) is 7.28 Å². The van der Waals surface area contributed by atoms with E-state index in [4.69, 9.17) is 5.73 Å². The smallest absolute Gasteiger partial charge is 0.368 e. The highest BCUT2D eigenvalue weighted by molar-refractivity contribution is 6.53. The second-order valence-electron chi connectivity index (χ2n) is 2.64. The van der Waals surface area contributed by atoms with Gasteiger partial charge in [0.15, 0.2) is 7.28 Å². The molecule has 1 rings (SSSR count). The highest BCUT2D eigenvalue weighted by Crippen LogP contribution is 2.26. The number of nitrogens with two attached hydrogens (primary N) is 1. The van der Waals surface area contributed by atoms with Crippen molar-refractivity contribution in [2.24, 2.45) is 0 Å². The minimum absolute atomic E-state index is 0.0331. The van der Waals surface area contributed by atoms with Crippen molar-refractivity contribution >= 4 is 18.7 Å². The van der Waals surface area contributed by atoms with Gasteiger partial charge >= 0.3 is 6.18 Å². The SMILES string of the molecule is CC[B]c1cnc(N)nc1C(F)(F)F. The molecule has 75 valence electrons. The number of nitrogens with zero attached hydrogens (tertiary/aromatic N) is 2. The molecule has 0 atom stereocenters. The van der Waals surface area contributed by atoms with E-state index < -0.39 is 11.9 Å². The van der Waals surface area contributed by atoms with Gasteiger partial charge in [-0.05, 0) is 5.46 Å². The van der Waals surface area contributed by atoms with Gasteiger partial charge in [0.2, 0.25) is 5.95 Å². The number of aromatic nitrogens is 2. The number of hydrogen-bond acceptors (Lipinski definition) is 3. The van der Waals surface area contributed by atoms with Crippen molar-refractivity contribution in [1.82, 2.24) is 9.97 Å². The van der Waals surface area contributed by atoms with E-state index in [0.717, 1.165) is 6.20 Å². The van der Waals surface area contributed by atoms with Gasteiger partial charge in [-0.3, -0.25) is 0 Å². The van der Waals surface area contributed by atoms with Gasteiger partial charge in [-0.15, -0.1) is 0 Å². The zero-order chi connectivity index (χ0) is 10.8. The van der Waals surface area contributed by atoms with Crippen molar-refractivity contribution in [2.75, 3.05) is 5.73 Å². The molecule has 3 nitrogen and oxygen atoms in total. The Hall–Kier alpha value is -1.27. The van der Waals surface area contributed by atoms with E-state index in [-0.39, 0.29) is 11.4 Å². The van der Waals surface area contributed by atoms with Gasteiger partial charge in [0.25, 0.3) is 0 Å². The van der Waals surface area contributed by atoms with Gasteiger partial charge in [-0.1, -0.05) is 13.2 Å². The van der Waals surface area contributed by atoms with Crippen LogP contribution in [0.5, 0.6) is 0 Å². The average Bonchev–Trinajstić information content (AvgIpc) is 2.07. The first-order valence-corrected chi connectivity index (χ1v) is 3.98. The van der Waals surface area contributed by atoms with Crippen LogP contribution in [0.1, 0.15) is 12.6 Å². The van der Waals surface area contributed by atoms with Crippen LogP contribution in [0, 0.1) is 0 Å². The Morgan fingerprint density at radius 3 is 2.64 bits per heavy atom. The van der Waals surface area contributed by atoms with E-state index in [0.29, 0.717) is 6.32 Å². The predicted molar refractivity (Wildman–Crippen MR) is 47.3 cm³/mol. The summed E-state index contributed by atoms with van der Waals surface area (Å²) < 4.78 is 37.2. The molecule has 1 heterocycles. The maximum atomic E-state index is 12.4. The fourth-order valence-corrected chi connectivity index (χ4v) is 1.00. The monoisotopic (exact) mass is 202 g/mol. The molecule has 1 aromatic rings. The van der Waals surface area contributed by atoms with Crippen molar-refractivity contribution < 1.29 is 13.2 Å². The van der Waals surface area contributed by atoms with Crippen molar-refractivity contribution in [3.63, 3.8) is 0 Å². The number of anilines is 1. The minimum atomic E-state index is -4.49. The third kappa shape index (κ3) is 2.37. The van der Waals surface area contributed by atoms with Gasteiger partial charge in [0.05, 0.1) is 0 Å². The molecular weight excluding hydrogens is 194 g/mol. The topological polar surface area (TPSA) is 51.8 Å². The first-order valence-electron chi connectivity index (χ1n) is 3.98. The van der Waals surface area contributed by atoms with Gasteiger partial charge in [0.1, 0.15) is 5.69 Å². The van der Waals surface area contributed by atoms with Gasteiger partial charge in [0, 0.05) is 6.20 Å². The van der Waals surface area contributed by atoms with Crippen LogP contribution in [0.25, 0.3) is 0 Å². The predicted octanol–water partition coefficient (Wildman–Crippen LogP) is 0.845. The summed E-state index contributed by atoms with van der Waals surface area (Å²) in [5, 5.41) is 0. The molecule has 0 spiro atoms. The molecule has 0 aliphatic carbocycles. The molecule has 0 saturated heterocycles. The molecule has 2 N–H and O–H groups in total. The van der Waals surface area contributed by atoms with Crippen LogP contribution >= 0.6 is 0 Å². The summed E-state index contributed by atoms with van der Waals surface area (Å²) in [5.41, 5.74) is 4.07. The van der Waals surface area contributed by atoms with Crippen LogP contribution in [0.4, 0.5) is 19.1 Å². The lowest BCUT2D eigenvalue weighted by Gasteiger charge is -2.10. The van der Waals surface area contributed by atoms with Crippen molar-refractivity contribution in [3.8, 4) is 0 Å². The quantitative estimate of drug-likeness (QED) is 0.723. The molecule has 0 aliphatic heterocycles. The molecule has 0 saturated carbocycles. The third-order valence-corrected chi connectivity index (χ3v) is 1.53. The first kappa shape index (κ1) is 10.8. The lowest BCUT2D eigenvalue weighted by molar-refractivity contribution is -0.140. The molecule has 1 radical (unpaired) electrons. The Morgan fingerprint density at radius 1 is 1.50 bits per heavy atom. The molecule has 0 unspecified atom stereocenters. The summed E-state index contributed by atoms with van der Waals surface area (Å²) in [6, 6.07) is 0. The van der Waals surface area contributed by atoms with Crippen molar-refractivity contribution in [3.05, 3.63) is 11.9 Å². The zero-order valence-electron chi connectivity index (χ0n) is 7.47. The fourth-order valence-electron chi connectivity index (χ4n) is 1.00. The first-order chi connectivity index (χ1) is 6.45. The van der Waals surface area contributed by atoms with E-state index >= 15 is 0 Å². The van der Waals surface area contributed by atoms with Crippen molar-refractivity contribution in [2.45, 2.75) is 19.4 Å². The summed E-state index contributed by atoms with van der Waals surface area (Å²) in [6.07, 6.45) is -2.93. The maximum Gasteiger partial charge on any atom is 0.432 e. The third-order valence-electron chi connectivity index (χ3n) is 1.53. The molecule has 0 amide bonds. The minimum Gasteiger partial charge on any atom is -0.368 e. The van der Waals surface area contributed by atoms with Crippen LogP contribution in [0.15, 0.2) is 6.20 Å². The molecular formula is C7H8BF3N3. The van der Waals surface area contributed by atoms with Crippen LogP contribution < -0.4 is 11.2 Å². The van der Waals surface area contributed by atoms with Crippen LogP contribution in [0.2, 0.25) is 6.32 Å². The Balaban J connectivity index is 3.16. The van der Waals surface area contributed by atoms with E-state index in [9.17, 15) is 13.2 Å². The van der Waals surface area contributed by atoms with E-state index in [1.807, 2.05) is 0 Å². The number of rotatable bonds is 2. The van der Waals surface area contributed by atoms with Crippen molar-refractivity contribution in [1.29, 1.82) is 0 Å². The molecule has 1 aromatic heterocycles. The van der Waals surface area contributed by atoms with Gasteiger partial charge < -0.3 is 5.73 Å². The van der Waals surface area contributed by atoms with Crippen LogP contribution in [0.3, 0.4) is 0 Å². The number of halogens is 3. The molecule has 0 fully saturated rings. The second kappa shape index (κ2) is 3.85. The van der Waals surface area contributed by atoms with Crippen LogP contribution in [-0.4, -0.2) is 17.2 Å². The maximum absolute atomic E-state index is 12.4. The average molecular weight is 202 g/mol. The normalized spacial score (nSPS) is 11.4. The van der Waals surface area contributed by atoms with E-state index in [2.05, 4.69) is 9.97 Å². The number of nitrogen functional groups attached to an aromatic ring is 1. The molecule has 7 heteroatoms. The van der Waals surface area contributed by atoms with Gasteiger partial charge in [-0.2, -0.15) is 13.2 Å². The van der Waals surface area contributed by atoms with E-state index in [1.54, 1.807) is 6.92 Å². The summed E-state index contributed by atoms with van der Waals surface area (Å²) in [4.78, 5) is 6.68. The molecule has 0 aliphatic rings. The Bertz CT molecular complexity index is 326. The fraction of sp³-hybridized carbons (Fsp3) is 0.429. The lowest BCUT2D eigenvalue weighted by atomic mass is 9.67. The number of alkyl halides is 3. The zero-order valence-corrected chi connectivity index (χ0v) is 7.47. The molecule has 0 bridgehead atoms. The summed E-state index contributed by atoms with van der Waals surface area (Å²) in [6.45, 7) is 1.73. The number of hydrogen-bond donors (Lipinski definition) is 1. The Labute approximate surface area is 79.8 Å². The second-order valence-corrected chi connectivity index (χ2v) is 2.64. The summed E-state index contributed by atoms with van der Waals surface area (Å²) in [5.74, 6) is -0.370. The summed E-state index contributed by atoms with van der Waals surface area (Å²) >= 11 is 0. The molecule has 14 heavy (non-hydrogen) atoms. The lowest BCUT2D eigenvalue weighted by Crippen LogP contribution is -2.28. The largest absolute Gasteiger partial charge is 0.432 e. The molecule has 0 aromatic carbocycles. The van der Waals surface area contributed by atoms with Gasteiger partial charge in [-0.25, -0.2) is 9.97 Å². The Kier molecular flexibility index (Phi) is 2.98. The highest BCUT2D eigenvalue weighted by Gasteiger charge is 2.35. The van der Waals surface area contributed by atoms with Crippen LogP contribution in [-0.2, 0) is 6.18 Å². The standard InChI is InChI=1S/C7H8BF3N3/c1-2-8-4-3-13-6(12)14-5(4)7(9,10)11/h3H,2H2,1H3,(H2,12,13,14). The Morgan fingerprint density at radius 2 is 2.14 bits per heavy atom. The highest BCUT2D eigenvalue weighted by atomic mass is 19.4.